The predicted octanol–water partition coefficient (Wildman–Crippen LogP) is 5.05. The number of aromatic nitrogens is 2. The molecule has 4 aromatic rings. The number of fused-ring (bicyclic) bond motifs is 1. The van der Waals surface area contributed by atoms with Gasteiger partial charge in [0, 0.05) is 44.7 Å². The Labute approximate surface area is 248 Å². The summed E-state index contributed by atoms with van der Waals surface area (Å²) in [4.78, 5) is 28.6. The Hall–Kier alpha value is -4.24. The van der Waals surface area contributed by atoms with Crippen LogP contribution in [-0.2, 0) is 0 Å². The van der Waals surface area contributed by atoms with Gasteiger partial charge in [0.15, 0.2) is 11.5 Å². The Bertz CT molecular complexity index is 1420. The average Bonchev–Trinajstić information content (AvgIpc) is 3.33. The second-order valence-corrected chi connectivity index (χ2v) is 10.8. The fourth-order valence-electron chi connectivity index (χ4n) is 5.76. The smallest absolute Gasteiger partial charge is 0.253 e. The Morgan fingerprint density at radius 2 is 1.64 bits per heavy atom. The van der Waals surface area contributed by atoms with Gasteiger partial charge < -0.3 is 33.9 Å². The van der Waals surface area contributed by atoms with Crippen LogP contribution in [0.1, 0.15) is 34.7 Å². The summed E-state index contributed by atoms with van der Waals surface area (Å²) in [5.41, 5.74) is 3.81. The van der Waals surface area contributed by atoms with E-state index in [-0.39, 0.29) is 11.8 Å². The Morgan fingerprint density at radius 1 is 0.929 bits per heavy atom. The summed E-state index contributed by atoms with van der Waals surface area (Å²) in [5.74, 6) is 2.45. The van der Waals surface area contributed by atoms with Gasteiger partial charge in [-0.05, 0) is 55.8 Å². The molecule has 2 heterocycles. The molecule has 42 heavy (non-hydrogen) atoms. The molecule has 1 unspecified atom stereocenters. The van der Waals surface area contributed by atoms with Crippen molar-refractivity contribution in [1.82, 2.24) is 19.8 Å². The van der Waals surface area contributed by atoms with Gasteiger partial charge in [0.05, 0.1) is 32.4 Å². The molecule has 0 bridgehead atoms. The topological polar surface area (TPSA) is 83.2 Å². The summed E-state index contributed by atoms with van der Waals surface area (Å²) < 4.78 is 16.4. The molecule has 1 aliphatic rings. The van der Waals surface area contributed by atoms with Crippen LogP contribution in [0.25, 0.3) is 11.0 Å². The van der Waals surface area contributed by atoms with Crippen molar-refractivity contribution in [3.8, 4) is 17.2 Å². The van der Waals surface area contributed by atoms with Crippen molar-refractivity contribution in [2.75, 3.05) is 72.5 Å². The number of nitrogens with zero attached hydrogens (tertiary/aromatic N) is 4. The minimum Gasteiger partial charge on any atom is -0.493 e. The molecule has 5 rings (SSSR count). The summed E-state index contributed by atoms with van der Waals surface area (Å²) >= 11 is 0. The monoisotopic (exact) mass is 571 g/mol. The number of amides is 1. The highest BCUT2D eigenvalue weighted by molar-refractivity contribution is 5.95. The maximum Gasteiger partial charge on any atom is 0.253 e. The molecule has 9 nitrogen and oxygen atoms in total. The van der Waals surface area contributed by atoms with E-state index < -0.39 is 0 Å². The van der Waals surface area contributed by atoms with Crippen LogP contribution < -0.4 is 19.1 Å². The fourth-order valence-corrected chi connectivity index (χ4v) is 5.76. The van der Waals surface area contributed by atoms with Crippen LogP contribution in [0.4, 0.5) is 5.95 Å². The molecule has 9 heteroatoms. The summed E-state index contributed by atoms with van der Waals surface area (Å²) in [5, 5.41) is 0. The molecule has 1 aromatic heterocycles. The van der Waals surface area contributed by atoms with Crippen LogP contribution in [-0.4, -0.2) is 93.3 Å². The number of rotatable bonds is 11. The first kappa shape index (κ1) is 29.3. The number of nitrogens with one attached hydrogen (secondary N) is 1. The second kappa shape index (κ2) is 13.6. The first-order valence-corrected chi connectivity index (χ1v) is 14.5. The van der Waals surface area contributed by atoms with Gasteiger partial charge in [0.2, 0.25) is 11.7 Å². The molecule has 1 saturated heterocycles. The average molecular weight is 572 g/mol. The number of hydrogen-bond donors (Lipinski definition) is 1. The van der Waals surface area contributed by atoms with Crippen LogP contribution in [0.5, 0.6) is 17.2 Å². The Kier molecular flexibility index (Phi) is 9.48. The number of para-hydroxylation sites is 2. The summed E-state index contributed by atoms with van der Waals surface area (Å²) in [6, 6.07) is 22.1. The normalized spacial score (nSPS) is 14.8. The zero-order chi connectivity index (χ0) is 29.5. The Balaban J connectivity index is 1.25. The zero-order valence-corrected chi connectivity index (χ0v) is 25.0. The predicted molar refractivity (Wildman–Crippen MR) is 166 cm³/mol. The third-order valence-corrected chi connectivity index (χ3v) is 8.08. The minimum absolute atomic E-state index is 0.0913. The molecule has 0 spiro atoms. The molecule has 0 aliphatic carbocycles. The lowest BCUT2D eigenvalue weighted by molar-refractivity contribution is 0.0782. The number of hydrogen-bond acceptors (Lipinski definition) is 7. The van der Waals surface area contributed by atoms with Gasteiger partial charge >= 0.3 is 0 Å². The number of ether oxygens (including phenoxy) is 3. The molecule has 0 saturated carbocycles. The van der Waals surface area contributed by atoms with Gasteiger partial charge in [-0.15, -0.1) is 0 Å². The Morgan fingerprint density at radius 3 is 2.33 bits per heavy atom. The van der Waals surface area contributed by atoms with Gasteiger partial charge in [0.1, 0.15) is 0 Å². The number of aromatic amines is 1. The summed E-state index contributed by atoms with van der Waals surface area (Å²) in [6.07, 6.45) is 2.02. The van der Waals surface area contributed by atoms with E-state index in [9.17, 15) is 4.79 Å². The van der Waals surface area contributed by atoms with Crippen molar-refractivity contribution in [1.29, 1.82) is 0 Å². The number of benzene rings is 3. The maximum atomic E-state index is 13.6. The van der Waals surface area contributed by atoms with Crippen molar-refractivity contribution in [2.45, 2.75) is 18.8 Å². The number of H-pyrrole nitrogens is 1. The molecule has 0 radical (unpaired) electrons. The van der Waals surface area contributed by atoms with Crippen molar-refractivity contribution in [2.24, 2.45) is 0 Å². The quantitative estimate of drug-likeness (QED) is 0.270. The fraction of sp³-hybridized carbons (Fsp3) is 0.394. The van der Waals surface area contributed by atoms with Crippen molar-refractivity contribution in [3.05, 3.63) is 77.9 Å². The van der Waals surface area contributed by atoms with Gasteiger partial charge in [-0.2, -0.15) is 0 Å². The zero-order valence-electron chi connectivity index (χ0n) is 25.0. The van der Waals surface area contributed by atoms with Crippen molar-refractivity contribution >= 4 is 22.9 Å². The number of carbonyl (C=O) groups is 1. The SMILES string of the molecule is COc1cc(C(=O)N(C)CC(CCN2CCCN(c3nc4ccccc4[nH]3)CC2)c2ccccc2)cc(OC)c1OC. The third kappa shape index (κ3) is 6.62. The number of imidazole rings is 1. The third-order valence-electron chi connectivity index (χ3n) is 8.08. The highest BCUT2D eigenvalue weighted by Gasteiger charge is 2.24. The van der Waals surface area contributed by atoms with E-state index in [1.54, 1.807) is 38.4 Å². The lowest BCUT2D eigenvalue weighted by atomic mass is 9.94. The van der Waals surface area contributed by atoms with Gasteiger partial charge in [0.25, 0.3) is 5.91 Å². The van der Waals surface area contributed by atoms with E-state index >= 15 is 0 Å². The highest BCUT2D eigenvalue weighted by Crippen LogP contribution is 2.38. The van der Waals surface area contributed by atoms with E-state index in [1.807, 2.05) is 31.3 Å². The number of likely N-dealkylation sites (N-methyl/N-ethyl adjacent to an activating group) is 1. The summed E-state index contributed by atoms with van der Waals surface area (Å²) in [6.45, 7) is 5.47. The second-order valence-electron chi connectivity index (χ2n) is 10.8. The molecule has 1 atom stereocenters. The largest absolute Gasteiger partial charge is 0.493 e. The van der Waals surface area contributed by atoms with Gasteiger partial charge in [-0.3, -0.25) is 4.79 Å². The lowest BCUT2D eigenvalue weighted by Crippen LogP contribution is -2.35. The highest BCUT2D eigenvalue weighted by atomic mass is 16.5. The van der Waals surface area contributed by atoms with E-state index in [0.29, 0.717) is 29.4 Å². The van der Waals surface area contributed by atoms with Crippen LogP contribution in [0.3, 0.4) is 0 Å². The van der Waals surface area contributed by atoms with Crippen LogP contribution in [0.2, 0.25) is 0 Å². The molecule has 3 aromatic carbocycles. The van der Waals surface area contributed by atoms with Crippen molar-refractivity contribution in [3.63, 3.8) is 0 Å². The number of methoxy groups -OCH3 is 3. The van der Waals surface area contributed by atoms with Gasteiger partial charge in [-0.25, -0.2) is 4.98 Å². The molecule has 1 aliphatic heterocycles. The molecule has 1 N–H and O–H groups in total. The lowest BCUT2D eigenvalue weighted by Gasteiger charge is -2.28. The maximum absolute atomic E-state index is 13.6. The first-order chi connectivity index (χ1) is 20.5. The molecule has 1 fully saturated rings. The van der Waals surface area contributed by atoms with E-state index in [2.05, 4.69) is 45.1 Å². The number of carbonyl (C=O) groups excluding carboxylic acids is 1. The standard InChI is InChI=1S/C33H41N5O4/c1-36(32(39)26-21-29(40-2)31(42-4)30(22-26)41-3)23-25(24-11-6-5-7-12-24)15-18-37-16-10-17-38(20-19-37)33-34-27-13-8-9-14-28(27)35-33/h5-9,11-14,21-22,25H,10,15-20,23H2,1-4H3,(H,34,35). The van der Waals surface area contributed by atoms with E-state index in [0.717, 1.165) is 62.5 Å². The van der Waals surface area contributed by atoms with E-state index in [4.69, 9.17) is 19.2 Å². The van der Waals surface area contributed by atoms with Crippen LogP contribution in [0, 0.1) is 0 Å². The van der Waals surface area contributed by atoms with Gasteiger partial charge in [-0.1, -0.05) is 42.5 Å². The summed E-state index contributed by atoms with van der Waals surface area (Å²) in [7, 11) is 6.52. The first-order valence-electron chi connectivity index (χ1n) is 14.5. The minimum atomic E-state index is -0.0913. The molecule has 222 valence electrons. The van der Waals surface area contributed by atoms with E-state index in [1.165, 1.54) is 5.56 Å². The van der Waals surface area contributed by atoms with Crippen molar-refractivity contribution < 1.29 is 19.0 Å². The molecular formula is C33H41N5O4. The number of anilines is 1. The van der Waals surface area contributed by atoms with Crippen LogP contribution in [0.15, 0.2) is 66.7 Å². The van der Waals surface area contributed by atoms with Crippen LogP contribution >= 0.6 is 0 Å². The molecule has 1 amide bonds. The molecular weight excluding hydrogens is 530 g/mol.